The number of nitrogens with one attached hydrogen (secondary N) is 1. The van der Waals surface area contributed by atoms with Crippen LogP contribution < -0.4 is 5.43 Å². The van der Waals surface area contributed by atoms with Gasteiger partial charge in [-0.05, 0) is 46.9 Å². The van der Waals surface area contributed by atoms with Crippen LogP contribution in [0.15, 0.2) is 53.6 Å². The van der Waals surface area contributed by atoms with Crippen molar-refractivity contribution < 1.29 is 4.79 Å². The first-order chi connectivity index (χ1) is 9.16. The van der Waals surface area contributed by atoms with Crippen LogP contribution in [0.25, 0.3) is 0 Å². The van der Waals surface area contributed by atoms with Crippen LogP contribution >= 0.6 is 34.2 Å². The zero-order chi connectivity index (χ0) is 13.7. The van der Waals surface area contributed by atoms with Gasteiger partial charge in [-0.25, -0.2) is 5.43 Å². The number of hydrazone groups is 1. The van der Waals surface area contributed by atoms with Gasteiger partial charge in [-0.3, -0.25) is 4.79 Å². The molecule has 0 bridgehead atoms. The number of carbonyl (C=O) groups is 1. The number of carbonyl (C=O) groups excluding carboxylic acids is 1. The summed E-state index contributed by atoms with van der Waals surface area (Å²) in [5.41, 5.74) is 3.90. The molecule has 0 saturated heterocycles. The first-order valence-electron chi connectivity index (χ1n) is 5.50. The number of hydrogen-bond acceptors (Lipinski definition) is 2. The molecular weight excluding hydrogens is 375 g/mol. The van der Waals surface area contributed by atoms with Crippen molar-refractivity contribution in [2.75, 3.05) is 0 Å². The molecule has 5 heteroatoms. The third-order valence-electron chi connectivity index (χ3n) is 2.36. The zero-order valence-corrected chi connectivity index (χ0v) is 12.7. The third-order valence-corrected chi connectivity index (χ3v) is 3.58. The lowest BCUT2D eigenvalue weighted by molar-refractivity contribution is 0.0955. The van der Waals surface area contributed by atoms with E-state index in [1.807, 2.05) is 24.3 Å². The Kier molecular flexibility index (Phi) is 4.93. The smallest absolute Gasteiger partial charge is 0.267 e. The molecule has 0 spiro atoms. The summed E-state index contributed by atoms with van der Waals surface area (Å²) in [6.07, 6.45) is 1.62. The van der Waals surface area contributed by atoms with Gasteiger partial charge in [0.05, 0.1) is 6.21 Å². The maximum atomic E-state index is 11.8. The number of rotatable bonds is 3. The average Bonchev–Trinajstić information content (AvgIpc) is 2.41. The van der Waals surface area contributed by atoms with Gasteiger partial charge in [0.2, 0.25) is 0 Å². The van der Waals surface area contributed by atoms with Crippen molar-refractivity contribution >= 4 is 46.3 Å². The molecule has 2 aromatic carbocycles. The zero-order valence-electron chi connectivity index (χ0n) is 9.81. The molecule has 0 unspecified atom stereocenters. The van der Waals surface area contributed by atoms with Gasteiger partial charge in [0.1, 0.15) is 0 Å². The van der Waals surface area contributed by atoms with Crippen molar-refractivity contribution in [1.82, 2.24) is 5.43 Å². The topological polar surface area (TPSA) is 41.5 Å². The van der Waals surface area contributed by atoms with Gasteiger partial charge in [0.25, 0.3) is 5.91 Å². The average molecular weight is 385 g/mol. The van der Waals surface area contributed by atoms with E-state index < -0.39 is 0 Å². The predicted molar refractivity (Wildman–Crippen MR) is 85.7 cm³/mol. The van der Waals surface area contributed by atoms with Gasteiger partial charge in [0, 0.05) is 19.7 Å². The Morgan fingerprint density at radius 1 is 1.21 bits per heavy atom. The van der Waals surface area contributed by atoms with Gasteiger partial charge in [-0.15, -0.1) is 0 Å². The van der Waals surface area contributed by atoms with E-state index in [4.69, 9.17) is 11.6 Å². The molecule has 2 aromatic rings. The van der Waals surface area contributed by atoms with Crippen LogP contribution in [0.5, 0.6) is 0 Å². The molecule has 3 nitrogen and oxygen atoms in total. The standard InChI is InChI=1S/C14H10ClIN2O/c15-12-6-3-5-10(8-12)14(19)18-17-9-11-4-1-2-7-13(11)16/h1-9H,(H,18,19). The maximum Gasteiger partial charge on any atom is 0.271 e. The summed E-state index contributed by atoms with van der Waals surface area (Å²) in [6.45, 7) is 0. The largest absolute Gasteiger partial charge is 0.271 e. The molecule has 19 heavy (non-hydrogen) atoms. The van der Waals surface area contributed by atoms with E-state index in [2.05, 4.69) is 33.1 Å². The summed E-state index contributed by atoms with van der Waals surface area (Å²) in [5, 5.41) is 4.46. The number of hydrogen-bond donors (Lipinski definition) is 1. The minimum Gasteiger partial charge on any atom is -0.267 e. The van der Waals surface area contributed by atoms with Crippen molar-refractivity contribution in [2.24, 2.45) is 5.10 Å². The van der Waals surface area contributed by atoms with Crippen molar-refractivity contribution in [3.05, 3.63) is 68.3 Å². The number of amides is 1. The highest BCUT2D eigenvalue weighted by molar-refractivity contribution is 14.1. The Labute approximate surface area is 129 Å². The number of halogens is 2. The molecule has 0 aliphatic rings. The summed E-state index contributed by atoms with van der Waals surface area (Å²) in [5.74, 6) is -0.287. The summed E-state index contributed by atoms with van der Waals surface area (Å²) >= 11 is 8.03. The molecule has 0 fully saturated rings. The highest BCUT2D eigenvalue weighted by Crippen LogP contribution is 2.11. The van der Waals surface area contributed by atoms with E-state index >= 15 is 0 Å². The van der Waals surface area contributed by atoms with Crippen LogP contribution in [0.1, 0.15) is 15.9 Å². The molecule has 1 amide bonds. The van der Waals surface area contributed by atoms with Gasteiger partial charge < -0.3 is 0 Å². The minimum absolute atomic E-state index is 0.287. The van der Waals surface area contributed by atoms with E-state index in [0.717, 1.165) is 9.13 Å². The van der Waals surface area contributed by atoms with Gasteiger partial charge >= 0.3 is 0 Å². The lowest BCUT2D eigenvalue weighted by atomic mass is 10.2. The SMILES string of the molecule is O=C(NN=Cc1ccccc1I)c1cccc(Cl)c1. The van der Waals surface area contributed by atoms with E-state index in [0.29, 0.717) is 10.6 Å². The summed E-state index contributed by atoms with van der Waals surface area (Å²) < 4.78 is 1.07. The van der Waals surface area contributed by atoms with Crippen molar-refractivity contribution in [3.8, 4) is 0 Å². The Bertz CT molecular complexity index is 628. The van der Waals surface area contributed by atoms with Crippen molar-refractivity contribution in [1.29, 1.82) is 0 Å². The normalized spacial score (nSPS) is 10.6. The van der Waals surface area contributed by atoms with Crippen LogP contribution in [0.4, 0.5) is 0 Å². The van der Waals surface area contributed by atoms with Crippen LogP contribution in [-0.4, -0.2) is 12.1 Å². The summed E-state index contributed by atoms with van der Waals surface area (Å²) in [6, 6.07) is 14.5. The first kappa shape index (κ1) is 14.0. The Morgan fingerprint density at radius 3 is 2.74 bits per heavy atom. The summed E-state index contributed by atoms with van der Waals surface area (Å²) in [7, 11) is 0. The minimum atomic E-state index is -0.287. The molecule has 0 aliphatic heterocycles. The fourth-order valence-corrected chi connectivity index (χ4v) is 2.15. The molecule has 0 aromatic heterocycles. The molecule has 0 aliphatic carbocycles. The fraction of sp³-hybridized carbons (Fsp3) is 0. The second kappa shape index (κ2) is 6.68. The van der Waals surface area contributed by atoms with Gasteiger partial charge in [0.15, 0.2) is 0 Å². The lowest BCUT2D eigenvalue weighted by Crippen LogP contribution is -2.17. The first-order valence-corrected chi connectivity index (χ1v) is 6.96. The molecule has 0 radical (unpaired) electrons. The second-order valence-corrected chi connectivity index (χ2v) is 5.33. The van der Waals surface area contributed by atoms with E-state index in [1.165, 1.54) is 0 Å². The Balaban J connectivity index is 2.03. The highest BCUT2D eigenvalue weighted by Gasteiger charge is 2.03. The van der Waals surface area contributed by atoms with E-state index in [-0.39, 0.29) is 5.91 Å². The highest BCUT2D eigenvalue weighted by atomic mass is 127. The monoisotopic (exact) mass is 384 g/mol. The second-order valence-electron chi connectivity index (χ2n) is 3.73. The number of nitrogens with zero attached hydrogens (tertiary/aromatic N) is 1. The van der Waals surface area contributed by atoms with Crippen LogP contribution in [0.3, 0.4) is 0 Å². The third kappa shape index (κ3) is 4.04. The number of benzene rings is 2. The fourth-order valence-electron chi connectivity index (χ4n) is 1.43. The van der Waals surface area contributed by atoms with Crippen LogP contribution in [-0.2, 0) is 0 Å². The van der Waals surface area contributed by atoms with Crippen LogP contribution in [0.2, 0.25) is 5.02 Å². The molecular formula is C14H10ClIN2O. The maximum absolute atomic E-state index is 11.8. The molecule has 0 saturated carbocycles. The quantitative estimate of drug-likeness (QED) is 0.489. The van der Waals surface area contributed by atoms with E-state index in [9.17, 15) is 4.79 Å². The molecule has 0 heterocycles. The molecule has 2 rings (SSSR count). The Morgan fingerprint density at radius 2 is 2.00 bits per heavy atom. The molecule has 96 valence electrons. The van der Waals surface area contributed by atoms with Crippen LogP contribution in [0, 0.1) is 3.57 Å². The van der Waals surface area contributed by atoms with E-state index in [1.54, 1.807) is 30.5 Å². The molecule has 1 N–H and O–H groups in total. The van der Waals surface area contributed by atoms with Gasteiger partial charge in [-0.1, -0.05) is 35.9 Å². The Hall–Kier alpha value is -1.40. The lowest BCUT2D eigenvalue weighted by Gasteiger charge is -2.00. The van der Waals surface area contributed by atoms with Crippen molar-refractivity contribution in [2.45, 2.75) is 0 Å². The summed E-state index contributed by atoms with van der Waals surface area (Å²) in [4.78, 5) is 11.8. The predicted octanol–water partition coefficient (Wildman–Crippen LogP) is 3.71. The molecule has 0 atom stereocenters. The van der Waals surface area contributed by atoms with Crippen molar-refractivity contribution in [3.63, 3.8) is 0 Å². The van der Waals surface area contributed by atoms with Gasteiger partial charge in [-0.2, -0.15) is 5.10 Å².